The Balaban J connectivity index is 2.04. The van der Waals surface area contributed by atoms with E-state index in [2.05, 4.69) is 62.1 Å². The highest BCUT2D eigenvalue weighted by Gasteiger charge is 2.41. The number of thioether (sulfide) groups is 1. The number of hydrogen-bond donors (Lipinski definition) is 1. The van der Waals surface area contributed by atoms with Crippen LogP contribution in [0.25, 0.3) is 0 Å². The number of rotatable bonds is 0. The summed E-state index contributed by atoms with van der Waals surface area (Å²) in [4.78, 5) is 0. The summed E-state index contributed by atoms with van der Waals surface area (Å²) in [6, 6.07) is 9.56. The Kier molecular flexibility index (Phi) is 2.75. The first-order valence-electron chi connectivity index (χ1n) is 6.56. The van der Waals surface area contributed by atoms with Gasteiger partial charge in [-0.1, -0.05) is 45.0 Å². The van der Waals surface area contributed by atoms with Gasteiger partial charge in [0.1, 0.15) is 0 Å². The summed E-state index contributed by atoms with van der Waals surface area (Å²) < 4.78 is 0. The molecule has 0 radical (unpaired) electrons. The van der Waals surface area contributed by atoms with Gasteiger partial charge in [0.2, 0.25) is 0 Å². The van der Waals surface area contributed by atoms with E-state index in [4.69, 9.17) is 0 Å². The van der Waals surface area contributed by atoms with Gasteiger partial charge in [-0.2, -0.15) is 11.8 Å². The SMILES string of the molecule is CC1CNC2c3ccccc3C(C)(C)CC2S1. The van der Waals surface area contributed by atoms with E-state index in [-0.39, 0.29) is 0 Å². The van der Waals surface area contributed by atoms with Crippen molar-refractivity contribution in [3.8, 4) is 0 Å². The van der Waals surface area contributed by atoms with Crippen LogP contribution in [0.1, 0.15) is 44.4 Å². The second-order valence-electron chi connectivity index (χ2n) is 6.05. The second-order valence-corrected chi connectivity index (χ2v) is 7.73. The van der Waals surface area contributed by atoms with Crippen molar-refractivity contribution in [2.45, 2.75) is 49.1 Å². The molecule has 17 heavy (non-hydrogen) atoms. The van der Waals surface area contributed by atoms with Crippen LogP contribution in [0.2, 0.25) is 0 Å². The van der Waals surface area contributed by atoms with Gasteiger partial charge in [0.25, 0.3) is 0 Å². The van der Waals surface area contributed by atoms with Gasteiger partial charge in [0.05, 0.1) is 0 Å². The largest absolute Gasteiger partial charge is 0.308 e. The van der Waals surface area contributed by atoms with E-state index < -0.39 is 0 Å². The van der Waals surface area contributed by atoms with Crippen LogP contribution >= 0.6 is 11.8 Å². The molecule has 0 spiro atoms. The summed E-state index contributed by atoms with van der Waals surface area (Å²) in [5.41, 5.74) is 3.40. The molecule has 3 atom stereocenters. The Morgan fingerprint density at radius 1 is 1.29 bits per heavy atom. The molecular weight excluding hydrogens is 226 g/mol. The third-order valence-electron chi connectivity index (χ3n) is 4.14. The van der Waals surface area contributed by atoms with Crippen LogP contribution in [-0.4, -0.2) is 17.0 Å². The van der Waals surface area contributed by atoms with E-state index in [0.717, 1.165) is 17.0 Å². The van der Waals surface area contributed by atoms with Crippen LogP contribution < -0.4 is 5.32 Å². The van der Waals surface area contributed by atoms with Gasteiger partial charge >= 0.3 is 0 Å². The van der Waals surface area contributed by atoms with Crippen LogP contribution in [0.5, 0.6) is 0 Å². The first kappa shape index (κ1) is 11.6. The summed E-state index contributed by atoms with van der Waals surface area (Å²) in [7, 11) is 0. The minimum Gasteiger partial charge on any atom is -0.308 e. The molecule has 1 N–H and O–H groups in total. The van der Waals surface area contributed by atoms with Crippen molar-refractivity contribution in [1.29, 1.82) is 0 Å². The van der Waals surface area contributed by atoms with Crippen molar-refractivity contribution in [2.24, 2.45) is 0 Å². The highest BCUT2D eigenvalue weighted by Crippen LogP contribution is 2.48. The molecule has 1 fully saturated rings. The fourth-order valence-corrected chi connectivity index (χ4v) is 5.03. The zero-order valence-corrected chi connectivity index (χ0v) is 11.7. The molecule has 3 unspecified atom stereocenters. The molecule has 1 aromatic carbocycles. The molecule has 1 aromatic rings. The third kappa shape index (κ3) is 1.92. The van der Waals surface area contributed by atoms with E-state index in [1.54, 1.807) is 5.56 Å². The summed E-state index contributed by atoms with van der Waals surface area (Å²) in [5.74, 6) is 0. The Hall–Kier alpha value is -0.470. The predicted molar refractivity (Wildman–Crippen MR) is 75.7 cm³/mol. The molecule has 0 saturated carbocycles. The molecule has 0 aromatic heterocycles. The van der Waals surface area contributed by atoms with Crippen molar-refractivity contribution in [1.82, 2.24) is 5.32 Å². The topological polar surface area (TPSA) is 12.0 Å². The quantitative estimate of drug-likeness (QED) is 0.753. The lowest BCUT2D eigenvalue weighted by Gasteiger charge is -2.46. The van der Waals surface area contributed by atoms with Crippen LogP contribution in [0, 0.1) is 0 Å². The molecule has 1 aliphatic heterocycles. The Morgan fingerprint density at radius 2 is 2.06 bits per heavy atom. The van der Waals surface area contributed by atoms with Gasteiger partial charge in [0, 0.05) is 23.1 Å². The molecule has 2 aliphatic rings. The van der Waals surface area contributed by atoms with Crippen LogP contribution in [-0.2, 0) is 5.41 Å². The fourth-order valence-electron chi connectivity index (χ4n) is 3.32. The summed E-state index contributed by atoms with van der Waals surface area (Å²) in [6.07, 6.45) is 1.29. The standard InChI is InChI=1S/C15H21NS/c1-10-9-16-14-11-6-4-5-7-12(11)15(2,3)8-13(14)17-10/h4-7,10,13-14,16H,8-9H2,1-3H3. The van der Waals surface area contributed by atoms with Gasteiger partial charge in [-0.15, -0.1) is 0 Å². The van der Waals surface area contributed by atoms with Crippen molar-refractivity contribution in [3.63, 3.8) is 0 Å². The summed E-state index contributed by atoms with van der Waals surface area (Å²) in [6.45, 7) is 8.26. The average Bonchev–Trinajstić information content (AvgIpc) is 2.28. The van der Waals surface area contributed by atoms with Gasteiger partial charge in [-0.25, -0.2) is 0 Å². The van der Waals surface area contributed by atoms with Gasteiger partial charge < -0.3 is 5.32 Å². The molecule has 1 saturated heterocycles. The minimum absolute atomic E-state index is 0.323. The van der Waals surface area contributed by atoms with Crippen LogP contribution in [0.4, 0.5) is 0 Å². The highest BCUT2D eigenvalue weighted by atomic mass is 32.2. The lowest BCUT2D eigenvalue weighted by atomic mass is 9.70. The minimum atomic E-state index is 0.323. The molecular formula is C15H21NS. The van der Waals surface area contributed by atoms with Gasteiger partial charge in [-0.05, 0) is 23.0 Å². The summed E-state index contributed by atoms with van der Waals surface area (Å²) in [5, 5.41) is 5.23. The van der Waals surface area contributed by atoms with Gasteiger partial charge in [-0.3, -0.25) is 0 Å². The maximum absolute atomic E-state index is 3.74. The van der Waals surface area contributed by atoms with Crippen LogP contribution in [0.15, 0.2) is 24.3 Å². The molecule has 1 heterocycles. The molecule has 92 valence electrons. The number of nitrogens with one attached hydrogen (secondary N) is 1. The van der Waals surface area contributed by atoms with Crippen LogP contribution in [0.3, 0.4) is 0 Å². The zero-order valence-electron chi connectivity index (χ0n) is 10.9. The zero-order chi connectivity index (χ0) is 12.0. The summed E-state index contributed by atoms with van der Waals surface area (Å²) >= 11 is 2.17. The van der Waals surface area contributed by atoms with Crippen molar-refractivity contribution in [2.75, 3.05) is 6.54 Å². The fraction of sp³-hybridized carbons (Fsp3) is 0.600. The third-order valence-corrected chi connectivity index (χ3v) is 5.56. The predicted octanol–water partition coefficient (Wildman–Crippen LogP) is 3.50. The maximum atomic E-state index is 3.74. The maximum Gasteiger partial charge on any atom is 0.0444 e. The van der Waals surface area contributed by atoms with Crippen molar-refractivity contribution >= 4 is 11.8 Å². The first-order valence-corrected chi connectivity index (χ1v) is 7.50. The van der Waals surface area contributed by atoms with Crippen molar-refractivity contribution in [3.05, 3.63) is 35.4 Å². The monoisotopic (exact) mass is 247 g/mol. The van der Waals surface area contributed by atoms with E-state index in [1.807, 2.05) is 0 Å². The Labute approximate surface area is 108 Å². The molecule has 3 rings (SSSR count). The molecule has 0 amide bonds. The van der Waals surface area contributed by atoms with E-state index in [1.165, 1.54) is 12.0 Å². The molecule has 1 aliphatic carbocycles. The van der Waals surface area contributed by atoms with E-state index >= 15 is 0 Å². The number of benzene rings is 1. The normalized spacial score (nSPS) is 34.9. The molecule has 1 nitrogen and oxygen atoms in total. The Morgan fingerprint density at radius 3 is 2.88 bits per heavy atom. The number of hydrogen-bond acceptors (Lipinski definition) is 2. The lowest BCUT2D eigenvalue weighted by Crippen LogP contribution is -2.46. The average molecular weight is 247 g/mol. The van der Waals surface area contributed by atoms with E-state index in [0.29, 0.717) is 11.5 Å². The smallest absolute Gasteiger partial charge is 0.0444 e. The van der Waals surface area contributed by atoms with Crippen molar-refractivity contribution < 1.29 is 0 Å². The van der Waals surface area contributed by atoms with Gasteiger partial charge in [0.15, 0.2) is 0 Å². The highest BCUT2D eigenvalue weighted by molar-refractivity contribution is 8.00. The second kappa shape index (κ2) is 4.03. The first-order chi connectivity index (χ1) is 8.08. The molecule has 2 heteroatoms. The Bertz CT molecular complexity index is 427. The van der Waals surface area contributed by atoms with E-state index in [9.17, 15) is 0 Å². The number of fused-ring (bicyclic) bond motifs is 3. The molecule has 0 bridgehead atoms. The lowest BCUT2D eigenvalue weighted by molar-refractivity contribution is 0.360.